The Hall–Kier alpha value is -1.61. The van der Waals surface area contributed by atoms with Crippen LogP contribution in [0.2, 0.25) is 0 Å². The molecule has 0 atom stereocenters. The van der Waals surface area contributed by atoms with Gasteiger partial charge in [0.05, 0.1) is 0 Å². The highest BCUT2D eigenvalue weighted by Gasteiger charge is 2.22. The van der Waals surface area contributed by atoms with Crippen LogP contribution in [0.3, 0.4) is 0 Å². The molecule has 0 saturated carbocycles. The summed E-state index contributed by atoms with van der Waals surface area (Å²) in [5.74, 6) is 0.175. The first kappa shape index (κ1) is 13.4. The van der Waals surface area contributed by atoms with Crippen molar-refractivity contribution in [2.45, 2.75) is 46.8 Å². The van der Waals surface area contributed by atoms with E-state index < -0.39 is 0 Å². The van der Waals surface area contributed by atoms with Gasteiger partial charge in [0.2, 0.25) is 0 Å². The molecule has 0 fully saturated rings. The molecule has 0 unspecified atom stereocenters. The third-order valence-corrected chi connectivity index (χ3v) is 4.32. The predicted octanol–water partition coefficient (Wildman–Crippen LogP) is 3.51. The van der Waals surface area contributed by atoms with E-state index in [1.807, 2.05) is 0 Å². The fraction of sp³-hybridized carbons (Fsp3) is 0.471. The molecule has 0 amide bonds. The third-order valence-electron chi connectivity index (χ3n) is 4.32. The Balaban J connectivity index is 2.31. The average molecular weight is 270 g/mol. The molecule has 0 radical (unpaired) electrons. The number of fused-ring (bicyclic) bond motifs is 2. The molecular weight excluding hydrogens is 248 g/mol. The lowest BCUT2D eigenvalue weighted by Crippen LogP contribution is -2.07. The minimum atomic E-state index is 0.175. The number of Topliss-reactive ketones (excluding diaryl/α,β-unsaturated/α-hetero) is 1. The second-order valence-corrected chi connectivity index (χ2v) is 5.98. The van der Waals surface area contributed by atoms with E-state index in [0.717, 1.165) is 42.7 Å². The van der Waals surface area contributed by atoms with E-state index in [0.29, 0.717) is 0 Å². The summed E-state index contributed by atoms with van der Waals surface area (Å²) < 4.78 is 2.31. The van der Waals surface area contributed by atoms with Crippen LogP contribution < -0.4 is 0 Å². The molecule has 3 nitrogen and oxygen atoms in total. The van der Waals surface area contributed by atoms with Crippen LogP contribution in [0.25, 0.3) is 10.9 Å². The Morgan fingerprint density at radius 3 is 2.50 bits per heavy atom. The number of ketones is 1. The Morgan fingerprint density at radius 2 is 1.90 bits per heavy atom. The van der Waals surface area contributed by atoms with Crippen molar-refractivity contribution in [2.75, 3.05) is 7.05 Å². The SMILES string of the molecule is CCCn1c(C)c(C(C)=O)c2cc3c(cc21)CN(C)C3. The number of hydrogen-bond acceptors (Lipinski definition) is 2. The minimum absolute atomic E-state index is 0.175. The van der Waals surface area contributed by atoms with Crippen molar-refractivity contribution in [3.05, 3.63) is 34.5 Å². The number of rotatable bonds is 3. The lowest BCUT2D eigenvalue weighted by Gasteiger charge is -2.07. The minimum Gasteiger partial charge on any atom is -0.344 e. The maximum atomic E-state index is 12.0. The first-order valence-electron chi connectivity index (χ1n) is 7.37. The van der Waals surface area contributed by atoms with Gasteiger partial charge in [-0.25, -0.2) is 0 Å². The topological polar surface area (TPSA) is 25.2 Å². The highest BCUT2D eigenvalue weighted by molar-refractivity contribution is 6.08. The smallest absolute Gasteiger partial charge is 0.162 e. The van der Waals surface area contributed by atoms with Crippen LogP contribution in [0.1, 0.15) is 47.4 Å². The standard InChI is InChI=1S/C17H22N2O/c1-5-6-19-11(2)17(12(3)20)15-7-13-9-18(4)10-14(13)8-16(15)19/h7-8H,5-6,9-10H2,1-4H3. The van der Waals surface area contributed by atoms with Gasteiger partial charge in [-0.3, -0.25) is 9.69 Å². The van der Waals surface area contributed by atoms with E-state index in [9.17, 15) is 4.79 Å². The fourth-order valence-electron chi connectivity index (χ4n) is 3.50. The molecule has 0 aliphatic carbocycles. The first-order chi connectivity index (χ1) is 9.52. The Kier molecular flexibility index (Phi) is 3.17. The summed E-state index contributed by atoms with van der Waals surface area (Å²) >= 11 is 0. The van der Waals surface area contributed by atoms with Gasteiger partial charge in [0.15, 0.2) is 5.78 Å². The van der Waals surface area contributed by atoms with Crippen molar-refractivity contribution in [1.82, 2.24) is 9.47 Å². The number of nitrogens with zero attached hydrogens (tertiary/aromatic N) is 2. The Labute approximate surface area is 120 Å². The summed E-state index contributed by atoms with van der Waals surface area (Å²) in [7, 11) is 2.14. The van der Waals surface area contributed by atoms with Crippen molar-refractivity contribution < 1.29 is 4.79 Å². The number of carbonyl (C=O) groups excluding carboxylic acids is 1. The maximum Gasteiger partial charge on any atom is 0.162 e. The van der Waals surface area contributed by atoms with E-state index in [2.05, 4.69) is 42.5 Å². The largest absolute Gasteiger partial charge is 0.344 e. The quantitative estimate of drug-likeness (QED) is 0.797. The highest BCUT2D eigenvalue weighted by Crippen LogP contribution is 2.32. The van der Waals surface area contributed by atoms with Crippen LogP contribution in [0.4, 0.5) is 0 Å². The molecule has 20 heavy (non-hydrogen) atoms. The zero-order valence-corrected chi connectivity index (χ0v) is 12.8. The molecule has 0 spiro atoms. The lowest BCUT2D eigenvalue weighted by molar-refractivity contribution is 0.101. The lowest BCUT2D eigenvalue weighted by atomic mass is 10.0. The van der Waals surface area contributed by atoms with E-state index in [1.165, 1.54) is 16.6 Å². The van der Waals surface area contributed by atoms with Gasteiger partial charge in [-0.15, -0.1) is 0 Å². The van der Waals surface area contributed by atoms with Gasteiger partial charge < -0.3 is 4.57 Å². The molecule has 1 aliphatic rings. The molecule has 3 heteroatoms. The molecule has 3 rings (SSSR count). The van der Waals surface area contributed by atoms with E-state index >= 15 is 0 Å². The van der Waals surface area contributed by atoms with Crippen LogP contribution >= 0.6 is 0 Å². The summed E-state index contributed by atoms with van der Waals surface area (Å²) in [6.07, 6.45) is 1.08. The van der Waals surface area contributed by atoms with Crippen LogP contribution in [-0.2, 0) is 19.6 Å². The second kappa shape index (κ2) is 4.74. The first-order valence-corrected chi connectivity index (χ1v) is 7.37. The molecule has 1 aliphatic heterocycles. The molecule has 2 aromatic rings. The monoisotopic (exact) mass is 270 g/mol. The van der Waals surface area contributed by atoms with Crippen LogP contribution in [-0.4, -0.2) is 22.3 Å². The van der Waals surface area contributed by atoms with Crippen molar-refractivity contribution in [3.63, 3.8) is 0 Å². The van der Waals surface area contributed by atoms with Gasteiger partial charge in [-0.2, -0.15) is 0 Å². The molecule has 1 aromatic heterocycles. The van der Waals surface area contributed by atoms with E-state index in [1.54, 1.807) is 6.92 Å². The zero-order chi connectivity index (χ0) is 14.4. The third kappa shape index (κ3) is 1.88. The molecule has 2 heterocycles. The van der Waals surface area contributed by atoms with Gasteiger partial charge in [0.1, 0.15) is 0 Å². The number of aromatic nitrogens is 1. The molecule has 0 N–H and O–H groups in total. The summed E-state index contributed by atoms with van der Waals surface area (Å²) in [6.45, 7) is 8.91. The maximum absolute atomic E-state index is 12.0. The van der Waals surface area contributed by atoms with E-state index in [4.69, 9.17) is 0 Å². The number of benzene rings is 1. The summed E-state index contributed by atoms with van der Waals surface area (Å²) in [5, 5.41) is 1.14. The molecule has 0 saturated heterocycles. The van der Waals surface area contributed by atoms with Crippen molar-refractivity contribution in [2.24, 2.45) is 0 Å². The normalized spacial score (nSPS) is 15.0. The zero-order valence-electron chi connectivity index (χ0n) is 12.8. The summed E-state index contributed by atoms with van der Waals surface area (Å²) in [6, 6.07) is 4.54. The average Bonchev–Trinajstić information content (AvgIpc) is 2.85. The van der Waals surface area contributed by atoms with Crippen LogP contribution in [0.15, 0.2) is 12.1 Å². The number of aryl methyl sites for hydroxylation is 1. The van der Waals surface area contributed by atoms with Crippen LogP contribution in [0, 0.1) is 6.92 Å². The van der Waals surface area contributed by atoms with Crippen molar-refractivity contribution >= 4 is 16.7 Å². The van der Waals surface area contributed by atoms with Gasteiger partial charge in [-0.05, 0) is 50.6 Å². The molecule has 106 valence electrons. The van der Waals surface area contributed by atoms with Gasteiger partial charge in [-0.1, -0.05) is 6.92 Å². The molecule has 1 aromatic carbocycles. The Bertz CT molecular complexity index is 697. The predicted molar refractivity (Wildman–Crippen MR) is 82.1 cm³/mol. The van der Waals surface area contributed by atoms with E-state index in [-0.39, 0.29) is 5.78 Å². The van der Waals surface area contributed by atoms with Gasteiger partial charge in [0.25, 0.3) is 0 Å². The summed E-state index contributed by atoms with van der Waals surface area (Å²) in [5.41, 5.74) is 6.03. The van der Waals surface area contributed by atoms with Gasteiger partial charge >= 0.3 is 0 Å². The molecular formula is C17H22N2O. The summed E-state index contributed by atoms with van der Waals surface area (Å²) in [4.78, 5) is 14.4. The van der Waals surface area contributed by atoms with Crippen LogP contribution in [0.5, 0.6) is 0 Å². The fourth-order valence-corrected chi connectivity index (χ4v) is 3.50. The number of hydrogen-bond donors (Lipinski definition) is 0. The molecule has 0 bridgehead atoms. The number of carbonyl (C=O) groups is 1. The van der Waals surface area contributed by atoms with Crippen molar-refractivity contribution in [3.8, 4) is 0 Å². The van der Waals surface area contributed by atoms with Crippen molar-refractivity contribution in [1.29, 1.82) is 0 Å². The van der Waals surface area contributed by atoms with Gasteiger partial charge in [0, 0.05) is 41.8 Å². The Morgan fingerprint density at radius 1 is 1.25 bits per heavy atom. The highest BCUT2D eigenvalue weighted by atomic mass is 16.1. The second-order valence-electron chi connectivity index (χ2n) is 5.98.